The normalized spacial score (nSPS) is 13.9. The van der Waals surface area contributed by atoms with Gasteiger partial charge in [0.15, 0.2) is 5.96 Å². The quantitative estimate of drug-likeness (QED) is 0.192. The second-order valence-corrected chi connectivity index (χ2v) is 8.23. The Hall–Kier alpha value is -2.88. The predicted molar refractivity (Wildman–Crippen MR) is 146 cm³/mol. The molecular formula is C26H32IN5O2. The highest BCUT2D eigenvalue weighted by Crippen LogP contribution is 2.26. The van der Waals surface area contributed by atoms with Gasteiger partial charge in [-0.05, 0) is 49.6 Å². The van der Waals surface area contributed by atoms with Crippen LogP contribution >= 0.6 is 24.0 Å². The summed E-state index contributed by atoms with van der Waals surface area (Å²) in [4.78, 5) is 21.7. The van der Waals surface area contributed by atoms with Crippen molar-refractivity contribution in [1.82, 2.24) is 15.6 Å². The maximum absolute atomic E-state index is 12.4. The van der Waals surface area contributed by atoms with Crippen molar-refractivity contribution in [2.24, 2.45) is 10.9 Å². The van der Waals surface area contributed by atoms with E-state index in [1.807, 2.05) is 61.5 Å². The first-order valence-electron chi connectivity index (χ1n) is 11.6. The maximum atomic E-state index is 12.4. The Labute approximate surface area is 217 Å². The lowest BCUT2D eigenvalue weighted by Crippen LogP contribution is -2.36. The third-order valence-electron chi connectivity index (χ3n) is 5.69. The molecule has 3 aromatic rings. The van der Waals surface area contributed by atoms with Gasteiger partial charge in [-0.1, -0.05) is 43.2 Å². The van der Waals surface area contributed by atoms with Crippen LogP contribution in [0.2, 0.25) is 0 Å². The Kier molecular flexibility index (Phi) is 9.93. The van der Waals surface area contributed by atoms with Gasteiger partial charge in [-0.2, -0.15) is 0 Å². The number of benzene rings is 2. The van der Waals surface area contributed by atoms with Crippen molar-refractivity contribution in [2.45, 2.75) is 45.7 Å². The van der Waals surface area contributed by atoms with Crippen LogP contribution in [0.4, 0.5) is 5.69 Å². The number of amides is 1. The first-order chi connectivity index (χ1) is 16.2. The molecule has 3 N–H and O–H groups in total. The van der Waals surface area contributed by atoms with Crippen molar-refractivity contribution in [2.75, 3.05) is 11.9 Å². The number of oxazole rings is 1. The Morgan fingerprint density at radius 1 is 1.09 bits per heavy atom. The number of nitrogens with zero attached hydrogens (tertiary/aromatic N) is 2. The first kappa shape index (κ1) is 25.7. The lowest BCUT2D eigenvalue weighted by atomic mass is 10.1. The molecule has 1 heterocycles. The van der Waals surface area contributed by atoms with E-state index >= 15 is 0 Å². The van der Waals surface area contributed by atoms with Gasteiger partial charge in [0, 0.05) is 23.7 Å². The summed E-state index contributed by atoms with van der Waals surface area (Å²) < 4.78 is 5.61. The van der Waals surface area contributed by atoms with Crippen molar-refractivity contribution in [1.29, 1.82) is 0 Å². The number of hydrogen-bond acceptors (Lipinski definition) is 4. The van der Waals surface area contributed by atoms with E-state index in [-0.39, 0.29) is 35.8 Å². The number of aliphatic imine (C=N–C) groups is 1. The summed E-state index contributed by atoms with van der Waals surface area (Å²) in [6.07, 6.45) is 5.94. The standard InChI is InChI=1S/C26H31N5O2.HI/c1-2-27-26(29-17-23-18-33-25(31-23)21-12-4-3-5-13-21)28-16-19-9-8-14-22(15-19)30-24(32)20-10-6-7-11-20;/h3-5,8-9,12-15,18,20H,2,6-7,10-11,16-17H2,1H3,(H,30,32)(H2,27,28,29);1H. The van der Waals surface area contributed by atoms with Crippen molar-refractivity contribution in [3.8, 4) is 11.5 Å². The average molecular weight is 573 g/mol. The minimum Gasteiger partial charge on any atom is -0.444 e. The van der Waals surface area contributed by atoms with Gasteiger partial charge in [0.2, 0.25) is 11.8 Å². The van der Waals surface area contributed by atoms with Gasteiger partial charge in [0.05, 0.1) is 18.8 Å². The number of rotatable bonds is 8. The van der Waals surface area contributed by atoms with Gasteiger partial charge in [-0.25, -0.2) is 9.98 Å². The van der Waals surface area contributed by atoms with E-state index in [0.717, 1.165) is 54.7 Å². The van der Waals surface area contributed by atoms with Gasteiger partial charge in [0.25, 0.3) is 0 Å². The molecule has 1 fully saturated rings. The van der Waals surface area contributed by atoms with Crippen LogP contribution in [0.25, 0.3) is 11.5 Å². The lowest BCUT2D eigenvalue weighted by Gasteiger charge is -2.12. The topological polar surface area (TPSA) is 91.5 Å². The minimum atomic E-state index is 0. The fraction of sp³-hybridized carbons (Fsp3) is 0.346. The third kappa shape index (κ3) is 7.31. The smallest absolute Gasteiger partial charge is 0.227 e. The maximum Gasteiger partial charge on any atom is 0.227 e. The molecule has 0 saturated heterocycles. The monoisotopic (exact) mass is 573 g/mol. The number of guanidine groups is 1. The highest BCUT2D eigenvalue weighted by atomic mass is 127. The summed E-state index contributed by atoms with van der Waals surface area (Å²) >= 11 is 0. The molecular weight excluding hydrogens is 541 g/mol. The Morgan fingerprint density at radius 3 is 2.65 bits per heavy atom. The van der Waals surface area contributed by atoms with E-state index in [2.05, 4.69) is 25.9 Å². The summed E-state index contributed by atoms with van der Waals surface area (Å²) in [6, 6.07) is 17.7. The van der Waals surface area contributed by atoms with E-state index in [1.54, 1.807) is 6.26 Å². The van der Waals surface area contributed by atoms with Crippen molar-refractivity contribution in [3.63, 3.8) is 0 Å². The minimum absolute atomic E-state index is 0. The molecule has 7 nitrogen and oxygen atoms in total. The fourth-order valence-electron chi connectivity index (χ4n) is 3.97. The summed E-state index contributed by atoms with van der Waals surface area (Å²) in [5, 5.41) is 9.62. The summed E-state index contributed by atoms with van der Waals surface area (Å²) in [6.45, 7) is 3.77. The van der Waals surface area contributed by atoms with E-state index in [4.69, 9.17) is 4.42 Å². The molecule has 1 aliphatic rings. The second kappa shape index (κ2) is 13.1. The molecule has 2 aromatic carbocycles. The van der Waals surface area contributed by atoms with Crippen LogP contribution in [0.3, 0.4) is 0 Å². The van der Waals surface area contributed by atoms with Gasteiger partial charge in [-0.15, -0.1) is 24.0 Å². The SMILES string of the molecule is CCNC(=NCc1cccc(NC(=O)C2CCCC2)c1)NCc1coc(-c2ccccc2)n1.I. The van der Waals surface area contributed by atoms with Gasteiger partial charge >= 0.3 is 0 Å². The molecule has 0 radical (unpaired) electrons. The number of carbonyl (C=O) groups excluding carboxylic acids is 1. The van der Waals surface area contributed by atoms with E-state index in [1.165, 1.54) is 0 Å². The second-order valence-electron chi connectivity index (χ2n) is 8.23. The molecule has 0 atom stereocenters. The number of hydrogen-bond donors (Lipinski definition) is 3. The highest BCUT2D eigenvalue weighted by molar-refractivity contribution is 14.0. The molecule has 4 rings (SSSR count). The molecule has 0 spiro atoms. The molecule has 1 aliphatic carbocycles. The third-order valence-corrected chi connectivity index (χ3v) is 5.69. The first-order valence-corrected chi connectivity index (χ1v) is 11.6. The van der Waals surface area contributed by atoms with Crippen LogP contribution in [0.15, 0.2) is 70.3 Å². The Balaban J connectivity index is 0.00000324. The van der Waals surface area contributed by atoms with Crippen LogP contribution in [0.5, 0.6) is 0 Å². The number of aromatic nitrogens is 1. The zero-order valence-electron chi connectivity index (χ0n) is 19.4. The summed E-state index contributed by atoms with van der Waals surface area (Å²) in [5.41, 5.74) is 3.61. The Morgan fingerprint density at radius 2 is 1.88 bits per heavy atom. The molecule has 8 heteroatoms. The summed E-state index contributed by atoms with van der Waals surface area (Å²) in [5.74, 6) is 1.58. The molecule has 0 aliphatic heterocycles. The number of carbonyl (C=O) groups is 1. The van der Waals surface area contributed by atoms with Crippen LogP contribution in [0, 0.1) is 5.92 Å². The lowest BCUT2D eigenvalue weighted by molar-refractivity contribution is -0.119. The van der Waals surface area contributed by atoms with Gasteiger partial charge in [0.1, 0.15) is 6.26 Å². The molecule has 0 bridgehead atoms. The highest BCUT2D eigenvalue weighted by Gasteiger charge is 2.22. The molecule has 1 aromatic heterocycles. The van der Waals surface area contributed by atoms with E-state index in [9.17, 15) is 4.79 Å². The van der Waals surface area contributed by atoms with Crippen LogP contribution in [0.1, 0.15) is 43.9 Å². The molecule has 34 heavy (non-hydrogen) atoms. The predicted octanol–water partition coefficient (Wildman–Crippen LogP) is 5.34. The van der Waals surface area contributed by atoms with Crippen LogP contribution in [-0.2, 0) is 17.9 Å². The average Bonchev–Trinajstić information content (AvgIpc) is 3.54. The van der Waals surface area contributed by atoms with Crippen molar-refractivity contribution in [3.05, 3.63) is 72.1 Å². The van der Waals surface area contributed by atoms with Crippen LogP contribution in [-0.4, -0.2) is 23.4 Å². The molecule has 1 saturated carbocycles. The fourth-order valence-corrected chi connectivity index (χ4v) is 3.97. The number of nitrogens with one attached hydrogen (secondary N) is 3. The van der Waals surface area contributed by atoms with Gasteiger partial charge in [-0.3, -0.25) is 4.79 Å². The Bertz CT molecular complexity index is 1080. The summed E-state index contributed by atoms with van der Waals surface area (Å²) in [7, 11) is 0. The van der Waals surface area contributed by atoms with Crippen molar-refractivity contribution >= 4 is 41.5 Å². The molecule has 1 amide bonds. The molecule has 180 valence electrons. The largest absolute Gasteiger partial charge is 0.444 e. The zero-order valence-corrected chi connectivity index (χ0v) is 21.8. The zero-order chi connectivity index (χ0) is 22.9. The van der Waals surface area contributed by atoms with E-state index < -0.39 is 0 Å². The number of anilines is 1. The van der Waals surface area contributed by atoms with E-state index in [0.29, 0.717) is 24.9 Å². The van der Waals surface area contributed by atoms with Crippen molar-refractivity contribution < 1.29 is 9.21 Å². The number of halogens is 1. The van der Waals surface area contributed by atoms with Gasteiger partial charge < -0.3 is 20.4 Å². The van der Waals surface area contributed by atoms with Crippen LogP contribution < -0.4 is 16.0 Å². The molecule has 0 unspecified atom stereocenters.